The van der Waals surface area contributed by atoms with Crippen LogP contribution in [0.3, 0.4) is 0 Å². The molecule has 3 saturated heterocycles. The average molecular weight is 584 g/mol. The van der Waals surface area contributed by atoms with Gasteiger partial charge in [-0.05, 0) is 36.1 Å². The Morgan fingerprint density at radius 1 is 0.952 bits per heavy atom. The van der Waals surface area contributed by atoms with E-state index in [1.54, 1.807) is 17.2 Å². The Hall–Kier alpha value is -4.45. The van der Waals surface area contributed by atoms with Crippen LogP contribution in [0.5, 0.6) is 0 Å². The highest BCUT2D eigenvalue weighted by Gasteiger charge is 2.69. The summed E-state index contributed by atoms with van der Waals surface area (Å²) in [6, 6.07) is 22.4. The topological polar surface area (TPSA) is 120 Å². The largest absolute Gasteiger partial charge is 0.490 e. The molecule has 0 unspecified atom stereocenters. The van der Waals surface area contributed by atoms with E-state index in [1.807, 2.05) is 66.7 Å². The molecule has 0 saturated carbocycles. The highest BCUT2D eigenvalue weighted by atomic mass is 19.4. The standard InChI is InChI=1S/C28H27N3O4.C2HF3O2/c32-25-22-23(26(33)31(25)17-19-9-3-1-4-10-19)28(29-24(22)20-11-5-2-6-12-20)14-8-15-30(27(28)34)18-21-13-7-16-35-21;3-2(4,5)1(6)7/h1-7,9-13,16,22-24,29H,8,14-15,17-18H2;(H,6,7)/t22-,23-,24-,28-;/m1./s1. The van der Waals surface area contributed by atoms with Crippen molar-refractivity contribution in [2.45, 2.75) is 43.7 Å². The number of nitrogens with zero attached hydrogens (tertiary/aromatic N) is 2. The second-order valence-electron chi connectivity index (χ2n) is 10.5. The van der Waals surface area contributed by atoms with Gasteiger partial charge < -0.3 is 14.4 Å². The second-order valence-corrected chi connectivity index (χ2v) is 10.5. The molecule has 220 valence electrons. The highest BCUT2D eigenvalue weighted by molar-refractivity contribution is 6.10. The number of aliphatic carboxylic acids is 1. The number of halogens is 3. The minimum Gasteiger partial charge on any atom is -0.475 e. The monoisotopic (exact) mass is 583 g/mol. The normalized spacial score (nSPS) is 25.4. The molecule has 3 aromatic rings. The van der Waals surface area contributed by atoms with Gasteiger partial charge in [-0.2, -0.15) is 13.2 Å². The van der Waals surface area contributed by atoms with E-state index in [2.05, 4.69) is 5.32 Å². The third-order valence-corrected chi connectivity index (χ3v) is 7.92. The molecular weight excluding hydrogens is 555 g/mol. The van der Waals surface area contributed by atoms with E-state index >= 15 is 0 Å². The van der Waals surface area contributed by atoms with Gasteiger partial charge in [-0.15, -0.1) is 0 Å². The second kappa shape index (κ2) is 11.4. The summed E-state index contributed by atoms with van der Waals surface area (Å²) in [6.45, 7) is 1.15. The van der Waals surface area contributed by atoms with Crippen LogP contribution in [-0.2, 0) is 32.3 Å². The first-order chi connectivity index (χ1) is 20.0. The number of rotatable bonds is 5. The van der Waals surface area contributed by atoms with Gasteiger partial charge >= 0.3 is 12.1 Å². The maximum Gasteiger partial charge on any atom is 0.490 e. The van der Waals surface area contributed by atoms with Crippen LogP contribution in [0.15, 0.2) is 83.5 Å². The smallest absolute Gasteiger partial charge is 0.475 e. The lowest BCUT2D eigenvalue weighted by Gasteiger charge is -2.42. The van der Waals surface area contributed by atoms with Gasteiger partial charge in [0.05, 0.1) is 31.2 Å². The zero-order chi connectivity index (χ0) is 30.1. The van der Waals surface area contributed by atoms with Crippen molar-refractivity contribution in [3.63, 3.8) is 0 Å². The molecule has 3 aliphatic rings. The predicted molar refractivity (Wildman–Crippen MR) is 141 cm³/mol. The number of carboxylic acids is 1. The van der Waals surface area contributed by atoms with E-state index in [9.17, 15) is 27.6 Å². The Bertz CT molecular complexity index is 1450. The Labute approximate surface area is 238 Å². The number of piperidine rings is 1. The molecule has 1 aromatic heterocycles. The van der Waals surface area contributed by atoms with Gasteiger partial charge in [0, 0.05) is 12.6 Å². The minimum atomic E-state index is -5.08. The number of alkyl halides is 3. The molecule has 2 aromatic carbocycles. The molecule has 12 heteroatoms. The fourth-order valence-corrected chi connectivity index (χ4v) is 6.14. The Morgan fingerprint density at radius 2 is 1.60 bits per heavy atom. The molecule has 3 fully saturated rings. The Balaban J connectivity index is 0.000000451. The molecule has 0 aliphatic carbocycles. The van der Waals surface area contributed by atoms with E-state index in [-0.39, 0.29) is 24.3 Å². The van der Waals surface area contributed by atoms with E-state index in [0.29, 0.717) is 25.3 Å². The third-order valence-electron chi connectivity index (χ3n) is 7.92. The number of likely N-dealkylation sites (tertiary alicyclic amines) is 2. The first kappa shape index (κ1) is 29.1. The summed E-state index contributed by atoms with van der Waals surface area (Å²) in [4.78, 5) is 53.8. The quantitative estimate of drug-likeness (QED) is 0.437. The summed E-state index contributed by atoms with van der Waals surface area (Å²) < 4.78 is 37.2. The maximum atomic E-state index is 14.1. The first-order valence-corrected chi connectivity index (χ1v) is 13.4. The predicted octanol–water partition coefficient (Wildman–Crippen LogP) is 3.92. The molecule has 6 rings (SSSR count). The molecule has 4 heterocycles. The number of furan rings is 1. The van der Waals surface area contributed by atoms with Crippen molar-refractivity contribution >= 4 is 23.7 Å². The molecule has 4 atom stereocenters. The van der Waals surface area contributed by atoms with Gasteiger partial charge in [0.25, 0.3) is 0 Å². The van der Waals surface area contributed by atoms with Crippen molar-refractivity contribution in [2.75, 3.05) is 6.54 Å². The van der Waals surface area contributed by atoms with Crippen LogP contribution in [0.25, 0.3) is 0 Å². The minimum absolute atomic E-state index is 0.128. The number of benzene rings is 2. The fourth-order valence-electron chi connectivity index (χ4n) is 6.14. The Kier molecular flexibility index (Phi) is 7.91. The van der Waals surface area contributed by atoms with E-state index in [0.717, 1.165) is 17.5 Å². The van der Waals surface area contributed by atoms with Crippen LogP contribution in [0.2, 0.25) is 0 Å². The third kappa shape index (κ3) is 5.41. The summed E-state index contributed by atoms with van der Waals surface area (Å²) in [6.07, 6.45) is -2.23. The van der Waals surface area contributed by atoms with Gasteiger partial charge in [-0.1, -0.05) is 60.7 Å². The molecule has 0 bridgehead atoms. The number of carbonyl (C=O) groups is 4. The van der Waals surface area contributed by atoms with Gasteiger partial charge in [0.15, 0.2) is 0 Å². The summed E-state index contributed by atoms with van der Waals surface area (Å²) >= 11 is 0. The number of imide groups is 1. The van der Waals surface area contributed by atoms with Gasteiger partial charge in [0.1, 0.15) is 11.3 Å². The van der Waals surface area contributed by atoms with Crippen molar-refractivity contribution in [1.29, 1.82) is 0 Å². The lowest BCUT2D eigenvalue weighted by Crippen LogP contribution is -2.63. The number of carbonyl (C=O) groups excluding carboxylic acids is 3. The van der Waals surface area contributed by atoms with Gasteiger partial charge in [-0.25, -0.2) is 4.79 Å². The van der Waals surface area contributed by atoms with Gasteiger partial charge in [-0.3, -0.25) is 24.6 Å². The number of nitrogens with one attached hydrogen (secondary N) is 1. The lowest BCUT2D eigenvalue weighted by molar-refractivity contribution is -0.192. The lowest BCUT2D eigenvalue weighted by atomic mass is 9.74. The average Bonchev–Trinajstić information content (AvgIpc) is 3.66. The first-order valence-electron chi connectivity index (χ1n) is 13.4. The summed E-state index contributed by atoms with van der Waals surface area (Å²) in [7, 11) is 0. The summed E-state index contributed by atoms with van der Waals surface area (Å²) in [5.41, 5.74) is 0.689. The number of carboxylic acid groups (broad SMARTS) is 1. The van der Waals surface area contributed by atoms with Crippen molar-refractivity contribution in [3.05, 3.63) is 95.9 Å². The fraction of sp³-hybridized carbons (Fsp3) is 0.333. The molecule has 1 spiro atoms. The molecule has 2 N–H and O–H groups in total. The maximum absolute atomic E-state index is 14.1. The zero-order valence-corrected chi connectivity index (χ0v) is 22.3. The number of fused-ring (bicyclic) bond motifs is 2. The molecular formula is C30H28F3N3O6. The number of amides is 3. The summed E-state index contributed by atoms with van der Waals surface area (Å²) in [5, 5.41) is 10.7. The van der Waals surface area contributed by atoms with E-state index in [1.165, 1.54) is 4.90 Å². The summed E-state index contributed by atoms with van der Waals surface area (Å²) in [5.74, 6) is -4.02. The van der Waals surface area contributed by atoms with Crippen LogP contribution in [0.4, 0.5) is 13.2 Å². The van der Waals surface area contributed by atoms with Crippen molar-refractivity contribution in [1.82, 2.24) is 15.1 Å². The zero-order valence-electron chi connectivity index (χ0n) is 22.3. The van der Waals surface area contributed by atoms with Crippen LogP contribution in [-0.4, -0.2) is 56.9 Å². The number of hydrogen-bond acceptors (Lipinski definition) is 6. The number of hydrogen-bond donors (Lipinski definition) is 2. The van der Waals surface area contributed by atoms with E-state index < -0.39 is 35.6 Å². The van der Waals surface area contributed by atoms with Crippen molar-refractivity contribution in [2.24, 2.45) is 11.8 Å². The van der Waals surface area contributed by atoms with Crippen molar-refractivity contribution in [3.8, 4) is 0 Å². The molecule has 0 radical (unpaired) electrons. The van der Waals surface area contributed by atoms with E-state index in [4.69, 9.17) is 14.3 Å². The van der Waals surface area contributed by atoms with Crippen LogP contribution in [0.1, 0.15) is 35.8 Å². The van der Waals surface area contributed by atoms with Crippen LogP contribution >= 0.6 is 0 Å². The SMILES string of the molecule is O=C(O)C(F)(F)F.O=C1[C@H]2[C@@H](c3ccccc3)N[C@]3(CCCN(Cc4ccco4)C3=O)[C@H]2C(=O)N1Cc1ccccc1. The molecule has 42 heavy (non-hydrogen) atoms. The molecule has 3 amide bonds. The highest BCUT2D eigenvalue weighted by Crippen LogP contribution is 2.52. The molecule has 3 aliphatic heterocycles. The Morgan fingerprint density at radius 3 is 2.19 bits per heavy atom. The van der Waals surface area contributed by atoms with Crippen LogP contribution in [0, 0.1) is 11.8 Å². The van der Waals surface area contributed by atoms with Crippen molar-refractivity contribution < 1.29 is 41.9 Å². The van der Waals surface area contributed by atoms with Crippen LogP contribution < -0.4 is 5.32 Å². The van der Waals surface area contributed by atoms with Gasteiger partial charge in [0.2, 0.25) is 17.7 Å². The molecule has 9 nitrogen and oxygen atoms in total.